The van der Waals surface area contributed by atoms with Gasteiger partial charge in [-0.05, 0) is 36.5 Å². The maximum absolute atomic E-state index is 13.5. The number of aromatic nitrogens is 2. The molecule has 0 bridgehead atoms. The largest absolute Gasteiger partial charge is 0.353 e. The molecule has 4 rings (SSSR count). The lowest BCUT2D eigenvalue weighted by Crippen LogP contribution is -2.52. The number of carbonyl (C=O) groups is 1. The lowest BCUT2D eigenvalue weighted by atomic mass is 10.1. The molecule has 2 aromatic rings. The van der Waals surface area contributed by atoms with Crippen LogP contribution in [0, 0.1) is 5.82 Å². The zero-order valence-corrected chi connectivity index (χ0v) is 16.5. The number of halogens is 2. The Morgan fingerprint density at radius 1 is 1.29 bits per heavy atom. The van der Waals surface area contributed by atoms with Crippen LogP contribution in [0.2, 0.25) is 5.02 Å². The average Bonchev–Trinajstić information content (AvgIpc) is 3.10. The molecule has 1 fully saturated rings. The third-order valence-corrected chi connectivity index (χ3v) is 5.85. The van der Waals surface area contributed by atoms with Crippen LogP contribution < -0.4 is 10.2 Å². The average molecular weight is 404 g/mol. The Morgan fingerprint density at radius 2 is 2.07 bits per heavy atom. The molecule has 2 amide bonds. The Morgan fingerprint density at radius 3 is 2.82 bits per heavy atom. The number of aryl methyl sites for hydroxylation is 1. The molecule has 8 heteroatoms. The van der Waals surface area contributed by atoms with Crippen LogP contribution in [0.3, 0.4) is 0 Å². The van der Waals surface area contributed by atoms with Crippen molar-refractivity contribution in [1.29, 1.82) is 0 Å². The van der Waals surface area contributed by atoms with Crippen molar-refractivity contribution >= 4 is 23.4 Å². The van der Waals surface area contributed by atoms with Crippen LogP contribution in [0.15, 0.2) is 24.5 Å². The van der Waals surface area contributed by atoms with Crippen LogP contribution in [0.25, 0.3) is 0 Å². The van der Waals surface area contributed by atoms with Crippen molar-refractivity contribution in [3.05, 3.63) is 52.2 Å². The lowest BCUT2D eigenvalue weighted by Gasteiger charge is -2.36. The summed E-state index contributed by atoms with van der Waals surface area (Å²) in [4.78, 5) is 25.5. The van der Waals surface area contributed by atoms with Crippen LogP contribution >= 0.6 is 11.6 Å². The summed E-state index contributed by atoms with van der Waals surface area (Å²) in [5.41, 5.74) is 3.11. The van der Waals surface area contributed by atoms with E-state index in [1.54, 1.807) is 17.3 Å². The van der Waals surface area contributed by atoms with E-state index in [0.717, 1.165) is 37.4 Å². The molecular weight excluding hydrogens is 381 g/mol. The quantitative estimate of drug-likeness (QED) is 0.853. The predicted octanol–water partition coefficient (Wildman–Crippen LogP) is 3.35. The second-order valence-electron chi connectivity index (χ2n) is 7.38. The van der Waals surface area contributed by atoms with Crippen LogP contribution in [0.1, 0.15) is 36.1 Å². The number of carbonyl (C=O) groups excluding carboxylic acids is 1. The smallest absolute Gasteiger partial charge is 0.317 e. The number of urea groups is 1. The third kappa shape index (κ3) is 3.76. The number of hydrogen-bond donors (Lipinski definition) is 1. The Labute approximate surface area is 168 Å². The number of nitrogens with zero attached hydrogens (tertiary/aromatic N) is 4. The fraction of sp³-hybridized carbons (Fsp3) is 0.450. The Balaban J connectivity index is 1.34. The summed E-state index contributed by atoms with van der Waals surface area (Å²) in [7, 11) is 0. The van der Waals surface area contributed by atoms with E-state index >= 15 is 0 Å². The molecule has 1 saturated heterocycles. The van der Waals surface area contributed by atoms with Crippen LogP contribution in [0.5, 0.6) is 0 Å². The number of rotatable bonds is 3. The first-order valence-corrected chi connectivity index (χ1v) is 9.96. The van der Waals surface area contributed by atoms with Gasteiger partial charge >= 0.3 is 6.03 Å². The fourth-order valence-corrected chi connectivity index (χ4v) is 4.05. The Bertz CT molecular complexity index is 885. The number of hydrogen-bond acceptors (Lipinski definition) is 4. The maximum atomic E-state index is 13.5. The summed E-state index contributed by atoms with van der Waals surface area (Å²) in [6, 6.07) is 4.41. The minimum Gasteiger partial charge on any atom is -0.353 e. The highest BCUT2D eigenvalue weighted by molar-refractivity contribution is 6.30. The molecule has 1 N–H and O–H groups in total. The molecule has 0 saturated carbocycles. The highest BCUT2D eigenvalue weighted by Crippen LogP contribution is 2.37. The van der Waals surface area contributed by atoms with E-state index < -0.39 is 5.82 Å². The van der Waals surface area contributed by atoms with Crippen molar-refractivity contribution in [3.63, 3.8) is 0 Å². The number of fused-ring (bicyclic) bond motifs is 1. The van der Waals surface area contributed by atoms with Gasteiger partial charge in [-0.15, -0.1) is 0 Å². The molecule has 1 aromatic heterocycles. The molecule has 2 heterocycles. The van der Waals surface area contributed by atoms with Crippen molar-refractivity contribution in [2.75, 3.05) is 31.1 Å². The molecule has 0 spiro atoms. The molecule has 1 aliphatic heterocycles. The van der Waals surface area contributed by atoms with Gasteiger partial charge in [0.2, 0.25) is 0 Å². The van der Waals surface area contributed by atoms with Crippen LogP contribution in [-0.2, 0) is 13.0 Å². The van der Waals surface area contributed by atoms with Crippen LogP contribution in [0.4, 0.5) is 15.0 Å². The van der Waals surface area contributed by atoms with Gasteiger partial charge in [0.1, 0.15) is 18.0 Å². The van der Waals surface area contributed by atoms with E-state index in [9.17, 15) is 9.18 Å². The first-order valence-electron chi connectivity index (χ1n) is 9.58. The highest BCUT2D eigenvalue weighted by atomic mass is 35.5. The van der Waals surface area contributed by atoms with E-state index in [4.69, 9.17) is 11.6 Å². The first kappa shape index (κ1) is 18.9. The molecule has 1 aromatic carbocycles. The van der Waals surface area contributed by atoms with Gasteiger partial charge in [0.25, 0.3) is 0 Å². The van der Waals surface area contributed by atoms with E-state index in [2.05, 4.69) is 27.1 Å². The normalized spacial score (nSPS) is 18.9. The SMILES string of the molecule is C[C@@H]1CCc2ncnc(N3CCN(C(=O)NCc4ccc(Cl)c(F)c4)CC3)c21. The minimum atomic E-state index is -0.478. The van der Waals surface area contributed by atoms with Crippen molar-refractivity contribution < 1.29 is 9.18 Å². The maximum Gasteiger partial charge on any atom is 0.317 e. The number of anilines is 1. The van der Waals surface area contributed by atoms with Gasteiger partial charge in [-0.25, -0.2) is 19.2 Å². The molecule has 1 atom stereocenters. The second kappa shape index (κ2) is 7.91. The summed E-state index contributed by atoms with van der Waals surface area (Å²) in [6.45, 7) is 5.20. The third-order valence-electron chi connectivity index (χ3n) is 5.55. The standard InChI is InChI=1S/C20H23ClFN5O/c1-13-2-5-17-18(13)19(25-12-24-17)26-6-8-27(9-7-26)20(28)23-11-14-3-4-15(21)16(22)10-14/h3-4,10,12-13H,2,5-9,11H2,1H3,(H,23,28)/t13-/m1/s1. The van der Waals surface area contributed by atoms with Gasteiger partial charge in [-0.2, -0.15) is 0 Å². The number of nitrogens with one attached hydrogen (secondary N) is 1. The molecule has 148 valence electrons. The van der Waals surface area contributed by atoms with Gasteiger partial charge in [0.15, 0.2) is 0 Å². The zero-order chi connectivity index (χ0) is 19.7. The van der Waals surface area contributed by atoms with Crippen molar-refractivity contribution in [1.82, 2.24) is 20.2 Å². The second-order valence-corrected chi connectivity index (χ2v) is 7.79. The van der Waals surface area contributed by atoms with Gasteiger partial charge in [-0.3, -0.25) is 0 Å². The van der Waals surface area contributed by atoms with Crippen molar-refractivity contribution in [2.45, 2.75) is 32.2 Å². The number of amides is 2. The molecule has 0 radical (unpaired) electrons. The molecule has 1 aliphatic carbocycles. The number of piperazine rings is 1. The summed E-state index contributed by atoms with van der Waals surface area (Å²) in [5, 5.41) is 2.93. The van der Waals surface area contributed by atoms with Crippen molar-refractivity contribution in [2.24, 2.45) is 0 Å². The Hall–Kier alpha value is -2.41. The summed E-state index contributed by atoms with van der Waals surface area (Å²) >= 11 is 5.69. The fourth-order valence-electron chi connectivity index (χ4n) is 3.94. The van der Waals surface area contributed by atoms with Gasteiger partial charge in [0.05, 0.1) is 5.02 Å². The summed E-state index contributed by atoms with van der Waals surface area (Å²) in [6.07, 6.45) is 3.78. The minimum absolute atomic E-state index is 0.0803. The monoisotopic (exact) mass is 403 g/mol. The van der Waals surface area contributed by atoms with Crippen molar-refractivity contribution in [3.8, 4) is 0 Å². The van der Waals surface area contributed by atoms with Crippen LogP contribution in [-0.4, -0.2) is 47.1 Å². The van der Waals surface area contributed by atoms with E-state index in [1.807, 2.05) is 0 Å². The number of benzene rings is 1. The summed E-state index contributed by atoms with van der Waals surface area (Å²) in [5.74, 6) is 1.02. The topological polar surface area (TPSA) is 61.4 Å². The molecule has 0 unspecified atom stereocenters. The lowest BCUT2D eigenvalue weighted by molar-refractivity contribution is 0.193. The molecule has 6 nitrogen and oxygen atoms in total. The molecule has 28 heavy (non-hydrogen) atoms. The van der Waals surface area contributed by atoms with E-state index in [-0.39, 0.29) is 17.6 Å². The summed E-state index contributed by atoms with van der Waals surface area (Å²) < 4.78 is 13.5. The zero-order valence-electron chi connectivity index (χ0n) is 15.8. The predicted molar refractivity (Wildman–Crippen MR) is 106 cm³/mol. The Kier molecular flexibility index (Phi) is 5.35. The van der Waals surface area contributed by atoms with Gasteiger partial charge in [0, 0.05) is 44.0 Å². The molecule has 2 aliphatic rings. The highest BCUT2D eigenvalue weighted by Gasteiger charge is 2.29. The van der Waals surface area contributed by atoms with E-state index in [1.165, 1.54) is 17.7 Å². The molecular formula is C20H23ClFN5O. The first-order chi connectivity index (χ1) is 13.5. The van der Waals surface area contributed by atoms with Gasteiger partial charge in [-0.1, -0.05) is 24.6 Å². The van der Waals surface area contributed by atoms with E-state index in [0.29, 0.717) is 24.6 Å². The van der Waals surface area contributed by atoms with Gasteiger partial charge < -0.3 is 15.1 Å².